The molecule has 4 rings (SSSR count). The van der Waals surface area contributed by atoms with Crippen LogP contribution in [0.15, 0.2) is 71.1 Å². The van der Waals surface area contributed by atoms with Gasteiger partial charge in [-0.3, -0.25) is 4.79 Å². The number of nitrogens with zero attached hydrogens (tertiary/aromatic N) is 1. The van der Waals surface area contributed by atoms with Gasteiger partial charge in [0.25, 0.3) is 5.91 Å². The molecule has 0 aliphatic rings. The van der Waals surface area contributed by atoms with Crippen molar-refractivity contribution >= 4 is 17.0 Å². The summed E-state index contributed by atoms with van der Waals surface area (Å²) in [5, 5.41) is 2.72. The second kappa shape index (κ2) is 7.52. The van der Waals surface area contributed by atoms with E-state index in [4.69, 9.17) is 9.15 Å². The molecule has 0 saturated heterocycles. The van der Waals surface area contributed by atoms with Crippen LogP contribution < -0.4 is 10.1 Å². The summed E-state index contributed by atoms with van der Waals surface area (Å²) >= 11 is 0. The van der Waals surface area contributed by atoms with Crippen LogP contribution in [0.1, 0.15) is 15.9 Å². The molecule has 0 radical (unpaired) electrons. The monoisotopic (exact) mass is 376 g/mol. The van der Waals surface area contributed by atoms with E-state index in [1.165, 1.54) is 12.1 Å². The third kappa shape index (κ3) is 3.57. The zero-order valence-electron chi connectivity index (χ0n) is 15.1. The highest BCUT2D eigenvalue weighted by Gasteiger charge is 2.11. The molecule has 6 heteroatoms. The number of amides is 1. The molecule has 0 fully saturated rings. The van der Waals surface area contributed by atoms with Crippen molar-refractivity contribution in [2.75, 3.05) is 7.11 Å². The number of benzene rings is 3. The molecule has 0 aliphatic carbocycles. The molecule has 140 valence electrons. The average Bonchev–Trinajstić information content (AvgIpc) is 3.16. The van der Waals surface area contributed by atoms with Gasteiger partial charge in [0.05, 0.1) is 12.7 Å². The van der Waals surface area contributed by atoms with Crippen LogP contribution in [0.4, 0.5) is 4.39 Å². The van der Waals surface area contributed by atoms with Crippen molar-refractivity contribution in [2.45, 2.75) is 6.54 Å². The molecule has 0 aliphatic heterocycles. The van der Waals surface area contributed by atoms with Crippen molar-refractivity contribution in [2.24, 2.45) is 0 Å². The SMILES string of the molecule is COc1ccc2oc(-c3ccc(CNC(=O)c4ccccc4F)cc3)nc2c1. The predicted octanol–water partition coefficient (Wildman–Crippen LogP) is 4.57. The number of hydrogen-bond acceptors (Lipinski definition) is 4. The molecule has 28 heavy (non-hydrogen) atoms. The van der Waals surface area contributed by atoms with Crippen LogP contribution in [0.25, 0.3) is 22.6 Å². The van der Waals surface area contributed by atoms with E-state index < -0.39 is 11.7 Å². The molecule has 1 amide bonds. The van der Waals surface area contributed by atoms with Gasteiger partial charge in [0, 0.05) is 18.2 Å². The van der Waals surface area contributed by atoms with Crippen molar-refractivity contribution in [1.82, 2.24) is 10.3 Å². The Balaban J connectivity index is 1.47. The highest BCUT2D eigenvalue weighted by atomic mass is 19.1. The van der Waals surface area contributed by atoms with Crippen LogP contribution in [0.3, 0.4) is 0 Å². The van der Waals surface area contributed by atoms with Crippen molar-refractivity contribution in [3.63, 3.8) is 0 Å². The molecule has 4 aromatic rings. The smallest absolute Gasteiger partial charge is 0.254 e. The zero-order valence-corrected chi connectivity index (χ0v) is 15.1. The fourth-order valence-electron chi connectivity index (χ4n) is 2.85. The Morgan fingerprint density at radius 2 is 1.89 bits per heavy atom. The van der Waals surface area contributed by atoms with Crippen molar-refractivity contribution < 1.29 is 18.3 Å². The van der Waals surface area contributed by atoms with Crippen molar-refractivity contribution in [1.29, 1.82) is 0 Å². The summed E-state index contributed by atoms with van der Waals surface area (Å²) in [4.78, 5) is 16.6. The summed E-state index contributed by atoms with van der Waals surface area (Å²) in [5.74, 6) is 0.233. The highest BCUT2D eigenvalue weighted by molar-refractivity contribution is 5.94. The van der Waals surface area contributed by atoms with Gasteiger partial charge in [0.15, 0.2) is 5.58 Å². The quantitative estimate of drug-likeness (QED) is 0.554. The summed E-state index contributed by atoms with van der Waals surface area (Å²) in [7, 11) is 1.60. The topological polar surface area (TPSA) is 64.4 Å². The maximum atomic E-state index is 13.7. The van der Waals surface area contributed by atoms with Crippen LogP contribution in [-0.2, 0) is 6.54 Å². The largest absolute Gasteiger partial charge is 0.497 e. The minimum absolute atomic E-state index is 0.0287. The van der Waals surface area contributed by atoms with Crippen LogP contribution in [0.5, 0.6) is 5.75 Å². The Morgan fingerprint density at radius 3 is 2.64 bits per heavy atom. The van der Waals surface area contributed by atoms with Crippen LogP contribution in [0, 0.1) is 5.82 Å². The molecule has 0 spiro atoms. The first-order chi connectivity index (χ1) is 13.6. The Morgan fingerprint density at radius 1 is 1.11 bits per heavy atom. The third-order valence-corrected chi connectivity index (χ3v) is 4.37. The molecule has 0 saturated carbocycles. The van der Waals surface area contributed by atoms with Gasteiger partial charge in [-0.1, -0.05) is 24.3 Å². The van der Waals surface area contributed by atoms with Gasteiger partial charge in [-0.25, -0.2) is 9.37 Å². The third-order valence-electron chi connectivity index (χ3n) is 4.37. The number of hydrogen-bond donors (Lipinski definition) is 1. The second-order valence-corrected chi connectivity index (χ2v) is 6.21. The summed E-state index contributed by atoms with van der Waals surface area (Å²) in [6.45, 7) is 0.290. The molecular formula is C22H17FN2O3. The van der Waals surface area contributed by atoms with E-state index in [1.807, 2.05) is 42.5 Å². The minimum atomic E-state index is -0.539. The molecule has 5 nitrogen and oxygen atoms in total. The van der Waals surface area contributed by atoms with Gasteiger partial charge >= 0.3 is 0 Å². The predicted molar refractivity (Wildman–Crippen MR) is 104 cm³/mol. The number of carbonyl (C=O) groups excluding carboxylic acids is 1. The zero-order chi connectivity index (χ0) is 19.5. The molecule has 1 heterocycles. The first kappa shape index (κ1) is 17.7. The summed E-state index contributed by atoms with van der Waals surface area (Å²) in [6, 6.07) is 18.8. The van der Waals surface area contributed by atoms with Gasteiger partial charge in [-0.2, -0.15) is 0 Å². The Labute approximate surface area is 160 Å². The van der Waals surface area contributed by atoms with Gasteiger partial charge in [-0.15, -0.1) is 0 Å². The molecule has 3 aromatic carbocycles. The van der Waals surface area contributed by atoms with E-state index in [9.17, 15) is 9.18 Å². The highest BCUT2D eigenvalue weighted by Crippen LogP contribution is 2.27. The Bertz CT molecular complexity index is 1140. The van der Waals surface area contributed by atoms with E-state index in [2.05, 4.69) is 10.3 Å². The van der Waals surface area contributed by atoms with E-state index in [0.717, 1.165) is 16.6 Å². The molecule has 1 N–H and O–H groups in total. The summed E-state index contributed by atoms with van der Waals surface area (Å²) in [5.41, 5.74) is 3.12. The lowest BCUT2D eigenvalue weighted by Gasteiger charge is -2.06. The second-order valence-electron chi connectivity index (χ2n) is 6.21. The molecule has 1 aromatic heterocycles. The van der Waals surface area contributed by atoms with E-state index in [0.29, 0.717) is 17.2 Å². The fraction of sp³-hybridized carbons (Fsp3) is 0.0909. The number of nitrogens with one attached hydrogen (secondary N) is 1. The molecule has 0 atom stereocenters. The standard InChI is InChI=1S/C22H17FN2O3/c1-27-16-10-11-20-19(12-16)25-22(28-20)15-8-6-14(7-9-15)13-24-21(26)17-4-2-3-5-18(17)23/h2-12H,13H2,1H3,(H,24,26). The lowest BCUT2D eigenvalue weighted by Crippen LogP contribution is -2.23. The molecular weight excluding hydrogens is 359 g/mol. The number of fused-ring (bicyclic) bond motifs is 1. The van der Waals surface area contributed by atoms with Crippen LogP contribution >= 0.6 is 0 Å². The van der Waals surface area contributed by atoms with E-state index >= 15 is 0 Å². The lowest BCUT2D eigenvalue weighted by molar-refractivity contribution is 0.0947. The number of carbonyl (C=O) groups is 1. The minimum Gasteiger partial charge on any atom is -0.497 e. The summed E-state index contributed by atoms with van der Waals surface area (Å²) in [6.07, 6.45) is 0. The van der Waals surface area contributed by atoms with Gasteiger partial charge in [0.2, 0.25) is 5.89 Å². The van der Waals surface area contributed by atoms with E-state index in [1.54, 1.807) is 19.2 Å². The molecule has 0 bridgehead atoms. The number of halogens is 1. The number of aromatic nitrogens is 1. The number of oxazole rings is 1. The number of rotatable bonds is 5. The van der Waals surface area contributed by atoms with Gasteiger partial charge in [0.1, 0.15) is 17.1 Å². The maximum Gasteiger partial charge on any atom is 0.254 e. The summed E-state index contributed by atoms with van der Waals surface area (Å²) < 4.78 is 24.6. The van der Waals surface area contributed by atoms with Crippen LogP contribution in [0.2, 0.25) is 0 Å². The van der Waals surface area contributed by atoms with Crippen molar-refractivity contribution in [3.8, 4) is 17.2 Å². The normalized spacial score (nSPS) is 10.8. The van der Waals surface area contributed by atoms with Crippen LogP contribution in [-0.4, -0.2) is 18.0 Å². The number of ether oxygens (including phenoxy) is 1. The Kier molecular flexibility index (Phi) is 4.76. The molecule has 0 unspecified atom stereocenters. The van der Waals surface area contributed by atoms with Gasteiger partial charge in [-0.05, 0) is 42.0 Å². The first-order valence-electron chi connectivity index (χ1n) is 8.70. The average molecular weight is 376 g/mol. The first-order valence-corrected chi connectivity index (χ1v) is 8.70. The lowest BCUT2D eigenvalue weighted by atomic mass is 10.1. The fourth-order valence-corrected chi connectivity index (χ4v) is 2.85. The number of methoxy groups -OCH3 is 1. The Hall–Kier alpha value is -3.67. The van der Waals surface area contributed by atoms with E-state index in [-0.39, 0.29) is 12.1 Å². The van der Waals surface area contributed by atoms with Crippen molar-refractivity contribution in [3.05, 3.63) is 83.7 Å². The maximum absolute atomic E-state index is 13.7. The van der Waals surface area contributed by atoms with Gasteiger partial charge < -0.3 is 14.5 Å².